The third kappa shape index (κ3) is 4.21. The first-order chi connectivity index (χ1) is 14.3. The number of para-hydroxylation sites is 2. The Bertz CT molecular complexity index is 1100. The molecule has 4 aromatic rings. The molecule has 0 bridgehead atoms. The van der Waals surface area contributed by atoms with Crippen LogP contribution in [0, 0.1) is 0 Å². The number of carbonyl (C=O) groups excluding carboxylic acids is 1. The number of hydrogen-bond donors (Lipinski definition) is 1. The zero-order valence-corrected chi connectivity index (χ0v) is 16.6. The van der Waals surface area contributed by atoms with Crippen LogP contribution in [0.5, 0.6) is 0 Å². The molecule has 0 aliphatic carbocycles. The predicted molar refractivity (Wildman–Crippen MR) is 114 cm³/mol. The molecular weight excluding hydrogens is 362 g/mol. The quantitative estimate of drug-likeness (QED) is 0.469. The van der Waals surface area contributed by atoms with Crippen LogP contribution in [0.4, 0.5) is 0 Å². The number of rotatable bonds is 8. The molecule has 2 aromatic heterocycles. The van der Waals surface area contributed by atoms with Crippen molar-refractivity contribution in [1.29, 1.82) is 0 Å². The van der Waals surface area contributed by atoms with Gasteiger partial charge in [-0.25, -0.2) is 4.98 Å². The number of benzene rings is 2. The van der Waals surface area contributed by atoms with Crippen molar-refractivity contribution in [2.45, 2.75) is 32.9 Å². The summed E-state index contributed by atoms with van der Waals surface area (Å²) in [6.07, 6.45) is 5.14. The standard InChI is InChI=1S/C23H25N5O/c1-2-21-19(15-26-28(21)16-18-9-4-3-5-10-18)23(29)24-13-8-14-27-17-25-20-11-6-7-12-22(20)27/h3-7,9-12,15,17H,2,8,13-14,16H2,1H3,(H,24,29). The molecule has 6 nitrogen and oxygen atoms in total. The summed E-state index contributed by atoms with van der Waals surface area (Å²) < 4.78 is 4.04. The predicted octanol–water partition coefficient (Wildman–Crippen LogP) is 3.66. The normalized spacial score (nSPS) is 11.1. The Morgan fingerprint density at radius 3 is 2.69 bits per heavy atom. The molecule has 0 saturated heterocycles. The molecular formula is C23H25N5O. The van der Waals surface area contributed by atoms with Crippen LogP contribution in [0.15, 0.2) is 67.1 Å². The first-order valence-electron chi connectivity index (χ1n) is 10.0. The lowest BCUT2D eigenvalue weighted by molar-refractivity contribution is 0.0951. The van der Waals surface area contributed by atoms with Crippen molar-refractivity contribution < 1.29 is 4.79 Å². The third-order valence-corrected chi connectivity index (χ3v) is 5.09. The van der Waals surface area contributed by atoms with Crippen molar-refractivity contribution in [3.05, 3.63) is 83.9 Å². The number of nitrogens with zero attached hydrogens (tertiary/aromatic N) is 4. The minimum atomic E-state index is -0.0587. The molecule has 0 saturated carbocycles. The van der Waals surface area contributed by atoms with Gasteiger partial charge < -0.3 is 9.88 Å². The minimum Gasteiger partial charge on any atom is -0.352 e. The largest absolute Gasteiger partial charge is 0.352 e. The Balaban J connectivity index is 1.35. The van der Waals surface area contributed by atoms with Crippen molar-refractivity contribution in [3.8, 4) is 0 Å². The van der Waals surface area contributed by atoms with Gasteiger partial charge >= 0.3 is 0 Å². The highest BCUT2D eigenvalue weighted by atomic mass is 16.1. The van der Waals surface area contributed by atoms with E-state index in [0.29, 0.717) is 18.7 Å². The van der Waals surface area contributed by atoms with Crippen LogP contribution in [0.25, 0.3) is 11.0 Å². The van der Waals surface area contributed by atoms with E-state index in [9.17, 15) is 4.79 Å². The van der Waals surface area contributed by atoms with Gasteiger partial charge in [0.15, 0.2) is 0 Å². The molecule has 1 N–H and O–H groups in total. The summed E-state index contributed by atoms with van der Waals surface area (Å²) in [6, 6.07) is 18.2. The van der Waals surface area contributed by atoms with Crippen molar-refractivity contribution >= 4 is 16.9 Å². The number of hydrogen-bond acceptors (Lipinski definition) is 3. The fraction of sp³-hybridized carbons (Fsp3) is 0.261. The smallest absolute Gasteiger partial charge is 0.254 e. The first kappa shape index (κ1) is 18.9. The van der Waals surface area contributed by atoms with Gasteiger partial charge in [0, 0.05) is 13.1 Å². The minimum absolute atomic E-state index is 0.0587. The molecule has 0 unspecified atom stereocenters. The number of amides is 1. The van der Waals surface area contributed by atoms with E-state index in [2.05, 4.69) is 45.1 Å². The lowest BCUT2D eigenvalue weighted by atomic mass is 10.1. The van der Waals surface area contributed by atoms with Crippen LogP contribution in [0.1, 0.15) is 35.0 Å². The second-order valence-corrected chi connectivity index (χ2v) is 7.04. The van der Waals surface area contributed by atoms with Gasteiger partial charge in [0.2, 0.25) is 0 Å². The maximum Gasteiger partial charge on any atom is 0.254 e. The van der Waals surface area contributed by atoms with Gasteiger partial charge in [0.05, 0.1) is 41.4 Å². The van der Waals surface area contributed by atoms with Gasteiger partial charge in [0.25, 0.3) is 5.91 Å². The topological polar surface area (TPSA) is 64.7 Å². The maximum atomic E-state index is 12.7. The average molecular weight is 387 g/mol. The summed E-state index contributed by atoms with van der Waals surface area (Å²) in [5, 5.41) is 7.49. The van der Waals surface area contributed by atoms with Gasteiger partial charge in [-0.3, -0.25) is 9.48 Å². The molecule has 2 aromatic carbocycles. The van der Waals surface area contributed by atoms with E-state index >= 15 is 0 Å². The molecule has 0 aliphatic heterocycles. The summed E-state index contributed by atoms with van der Waals surface area (Å²) in [4.78, 5) is 17.1. The number of carbonyl (C=O) groups is 1. The average Bonchev–Trinajstić information content (AvgIpc) is 3.36. The summed E-state index contributed by atoms with van der Waals surface area (Å²) in [5.74, 6) is -0.0587. The molecule has 6 heteroatoms. The van der Waals surface area contributed by atoms with Crippen LogP contribution in [0.3, 0.4) is 0 Å². The number of imidazole rings is 1. The van der Waals surface area contributed by atoms with Gasteiger partial charge in [-0.15, -0.1) is 0 Å². The number of aromatic nitrogens is 4. The van der Waals surface area contributed by atoms with E-state index in [-0.39, 0.29) is 5.91 Å². The highest BCUT2D eigenvalue weighted by Gasteiger charge is 2.16. The molecule has 0 fully saturated rings. The number of nitrogens with one attached hydrogen (secondary N) is 1. The third-order valence-electron chi connectivity index (χ3n) is 5.09. The van der Waals surface area contributed by atoms with Gasteiger partial charge in [0.1, 0.15) is 0 Å². The summed E-state index contributed by atoms with van der Waals surface area (Å²) in [6.45, 7) is 4.15. The van der Waals surface area contributed by atoms with E-state index in [1.54, 1.807) is 6.20 Å². The molecule has 2 heterocycles. The maximum absolute atomic E-state index is 12.7. The van der Waals surface area contributed by atoms with E-state index in [1.165, 1.54) is 5.56 Å². The van der Waals surface area contributed by atoms with Crippen LogP contribution in [-0.4, -0.2) is 31.8 Å². The Kier molecular flexibility index (Phi) is 5.70. The van der Waals surface area contributed by atoms with Gasteiger partial charge in [-0.2, -0.15) is 5.10 Å². The fourth-order valence-electron chi connectivity index (χ4n) is 3.60. The van der Waals surface area contributed by atoms with Crippen molar-refractivity contribution in [2.75, 3.05) is 6.54 Å². The second kappa shape index (κ2) is 8.73. The Morgan fingerprint density at radius 2 is 1.86 bits per heavy atom. The van der Waals surface area contributed by atoms with Crippen molar-refractivity contribution in [2.24, 2.45) is 0 Å². The SMILES string of the molecule is CCc1c(C(=O)NCCCn2cnc3ccccc32)cnn1Cc1ccccc1. The van der Waals surface area contributed by atoms with Crippen molar-refractivity contribution in [1.82, 2.24) is 24.6 Å². The highest BCUT2D eigenvalue weighted by Crippen LogP contribution is 2.13. The monoisotopic (exact) mass is 387 g/mol. The van der Waals surface area contributed by atoms with E-state index < -0.39 is 0 Å². The van der Waals surface area contributed by atoms with E-state index in [1.807, 2.05) is 47.4 Å². The highest BCUT2D eigenvalue weighted by molar-refractivity contribution is 5.95. The van der Waals surface area contributed by atoms with Crippen LogP contribution < -0.4 is 5.32 Å². The summed E-state index contributed by atoms with van der Waals surface area (Å²) in [7, 11) is 0. The van der Waals surface area contributed by atoms with Crippen molar-refractivity contribution in [3.63, 3.8) is 0 Å². The molecule has 0 spiro atoms. The van der Waals surface area contributed by atoms with Gasteiger partial charge in [-0.05, 0) is 30.5 Å². The molecule has 29 heavy (non-hydrogen) atoms. The summed E-state index contributed by atoms with van der Waals surface area (Å²) >= 11 is 0. The first-order valence-corrected chi connectivity index (χ1v) is 10.0. The Morgan fingerprint density at radius 1 is 1.07 bits per heavy atom. The number of aryl methyl sites for hydroxylation is 1. The lowest BCUT2D eigenvalue weighted by Gasteiger charge is -2.09. The fourth-order valence-corrected chi connectivity index (χ4v) is 3.60. The van der Waals surface area contributed by atoms with E-state index in [4.69, 9.17) is 0 Å². The molecule has 1 amide bonds. The Labute approximate surface area is 170 Å². The van der Waals surface area contributed by atoms with Crippen LogP contribution in [-0.2, 0) is 19.5 Å². The van der Waals surface area contributed by atoms with Gasteiger partial charge in [-0.1, -0.05) is 49.4 Å². The molecule has 0 radical (unpaired) electrons. The van der Waals surface area contributed by atoms with Crippen LogP contribution in [0.2, 0.25) is 0 Å². The number of fused-ring (bicyclic) bond motifs is 1. The lowest BCUT2D eigenvalue weighted by Crippen LogP contribution is -2.26. The molecule has 4 rings (SSSR count). The summed E-state index contributed by atoms with van der Waals surface area (Å²) in [5.41, 5.74) is 4.91. The van der Waals surface area contributed by atoms with E-state index in [0.717, 1.165) is 36.1 Å². The molecule has 148 valence electrons. The molecule has 0 atom stereocenters. The zero-order chi connectivity index (χ0) is 20.1. The second-order valence-electron chi connectivity index (χ2n) is 7.04. The zero-order valence-electron chi connectivity index (χ0n) is 16.6. The Hall–Kier alpha value is -3.41. The molecule has 0 aliphatic rings. The van der Waals surface area contributed by atoms with Crippen LogP contribution >= 0.6 is 0 Å².